The quantitative estimate of drug-likeness (QED) is 0.227. The summed E-state index contributed by atoms with van der Waals surface area (Å²) in [6, 6.07) is 9.78. The number of aromatic nitrogens is 1. The predicted octanol–water partition coefficient (Wildman–Crippen LogP) is 6.16. The lowest BCUT2D eigenvalue weighted by molar-refractivity contribution is -0.173. The van der Waals surface area contributed by atoms with Crippen molar-refractivity contribution in [1.82, 2.24) is 9.58 Å². The molecule has 2 aliphatic rings. The lowest BCUT2D eigenvalue weighted by atomic mass is 9.94. The van der Waals surface area contributed by atoms with Crippen molar-refractivity contribution in [2.45, 2.75) is 55.6 Å². The Kier molecular flexibility index (Phi) is 8.71. The van der Waals surface area contributed by atoms with E-state index in [0.29, 0.717) is 34.1 Å². The first kappa shape index (κ1) is 30.8. The average Bonchev–Trinajstić information content (AvgIpc) is 3.15. The highest BCUT2D eigenvalue weighted by molar-refractivity contribution is 7.98. The van der Waals surface area contributed by atoms with Crippen LogP contribution < -0.4 is 15.2 Å². The number of halogens is 4. The zero-order chi connectivity index (χ0) is 31.1. The van der Waals surface area contributed by atoms with E-state index in [-0.39, 0.29) is 6.61 Å². The van der Waals surface area contributed by atoms with E-state index in [2.05, 4.69) is 0 Å². The lowest BCUT2D eigenvalue weighted by Crippen LogP contribution is -2.60. The molecule has 2 aliphatic heterocycles. The van der Waals surface area contributed by atoms with Gasteiger partial charge in [-0.25, -0.2) is 4.79 Å². The number of nitrogens with zero attached hydrogens (tertiary/aromatic N) is 3. The van der Waals surface area contributed by atoms with Gasteiger partial charge in [-0.2, -0.15) is 13.2 Å². The number of esters is 1. The van der Waals surface area contributed by atoms with Crippen LogP contribution >= 0.6 is 23.4 Å². The summed E-state index contributed by atoms with van der Waals surface area (Å²) in [5.74, 6) is -2.01. The Morgan fingerprint density at radius 3 is 2.60 bits per heavy atom. The van der Waals surface area contributed by atoms with Gasteiger partial charge >= 0.3 is 12.1 Å². The lowest BCUT2D eigenvalue weighted by Gasteiger charge is -2.46. The number of hydrogen-bond donors (Lipinski definition) is 0. The summed E-state index contributed by atoms with van der Waals surface area (Å²) in [5, 5.41) is 1.90. The fraction of sp³-hybridized carbons (Fsp3) is 0.367. The van der Waals surface area contributed by atoms with Gasteiger partial charge in [0.25, 0.3) is 5.91 Å². The van der Waals surface area contributed by atoms with Crippen LogP contribution in [-0.2, 0) is 10.5 Å². The van der Waals surface area contributed by atoms with E-state index in [1.54, 1.807) is 23.9 Å². The molecule has 43 heavy (non-hydrogen) atoms. The maximum absolute atomic E-state index is 14.2. The van der Waals surface area contributed by atoms with Crippen molar-refractivity contribution in [2.75, 3.05) is 25.4 Å². The van der Waals surface area contributed by atoms with Crippen molar-refractivity contribution in [3.63, 3.8) is 0 Å². The van der Waals surface area contributed by atoms with Gasteiger partial charge in [0.05, 0.1) is 13.7 Å². The van der Waals surface area contributed by atoms with Crippen LogP contribution in [0.2, 0.25) is 5.02 Å². The first-order valence-corrected chi connectivity index (χ1v) is 15.0. The molecule has 0 saturated heterocycles. The Morgan fingerprint density at radius 1 is 1.16 bits per heavy atom. The molecular formula is C30H29ClF3N3O5S. The van der Waals surface area contributed by atoms with Crippen LogP contribution in [0.3, 0.4) is 0 Å². The molecule has 1 aromatic heterocycles. The fourth-order valence-corrected chi connectivity index (χ4v) is 6.64. The van der Waals surface area contributed by atoms with Crippen molar-refractivity contribution < 1.29 is 32.2 Å². The minimum Gasteiger partial charge on any atom is -0.487 e. The van der Waals surface area contributed by atoms with Crippen LogP contribution in [0.4, 0.5) is 13.2 Å². The second-order valence-corrected chi connectivity index (χ2v) is 11.6. The summed E-state index contributed by atoms with van der Waals surface area (Å²) in [6.45, 7) is 2.24. The Labute approximate surface area is 255 Å². The number of hydrogen-bond acceptors (Lipinski definition) is 7. The van der Waals surface area contributed by atoms with E-state index < -0.39 is 59.2 Å². The highest BCUT2D eigenvalue weighted by atomic mass is 35.5. The number of rotatable bonds is 7. The molecule has 0 radical (unpaired) electrons. The number of thioether (sulfide) groups is 1. The largest absolute Gasteiger partial charge is 0.487 e. The highest BCUT2D eigenvalue weighted by Crippen LogP contribution is 2.45. The molecule has 0 saturated carbocycles. The zero-order valence-electron chi connectivity index (χ0n) is 23.6. The number of carbonyl (C=O) groups is 2. The van der Waals surface area contributed by atoms with Crippen molar-refractivity contribution in [1.29, 1.82) is 0 Å². The molecule has 228 valence electrons. The van der Waals surface area contributed by atoms with Crippen LogP contribution in [0, 0.1) is 0 Å². The number of carbonyl (C=O) groups excluding carboxylic acids is 2. The van der Waals surface area contributed by atoms with Gasteiger partial charge < -0.3 is 14.4 Å². The summed E-state index contributed by atoms with van der Waals surface area (Å²) < 4.78 is 54.5. The predicted molar refractivity (Wildman–Crippen MR) is 157 cm³/mol. The number of alkyl halides is 3. The molecule has 2 aromatic carbocycles. The van der Waals surface area contributed by atoms with E-state index in [1.807, 2.05) is 37.3 Å². The van der Waals surface area contributed by atoms with Crippen molar-refractivity contribution in [3.8, 4) is 5.75 Å². The number of amides is 1. The third kappa shape index (κ3) is 5.58. The Bertz CT molecular complexity index is 1630. The monoisotopic (exact) mass is 635 g/mol. The molecule has 1 amide bonds. The molecule has 3 heterocycles. The minimum atomic E-state index is -4.77. The van der Waals surface area contributed by atoms with Crippen LogP contribution in [0.15, 0.2) is 58.4 Å². The van der Waals surface area contributed by atoms with E-state index in [0.717, 1.165) is 36.3 Å². The van der Waals surface area contributed by atoms with Crippen LogP contribution in [0.25, 0.3) is 0 Å². The van der Waals surface area contributed by atoms with Gasteiger partial charge in [-0.3, -0.25) is 19.3 Å². The van der Waals surface area contributed by atoms with Crippen molar-refractivity contribution in [3.05, 3.63) is 91.9 Å². The summed E-state index contributed by atoms with van der Waals surface area (Å²) in [7, 11) is 1.11. The highest BCUT2D eigenvalue weighted by Gasteiger charge is 2.48. The molecule has 3 aromatic rings. The Balaban J connectivity index is 1.86. The second-order valence-electron chi connectivity index (χ2n) is 10.2. The summed E-state index contributed by atoms with van der Waals surface area (Å²) in [4.78, 5) is 41.8. The number of ether oxygens (including phenoxy) is 2. The third-order valence-electron chi connectivity index (χ3n) is 7.59. The fourth-order valence-electron chi connectivity index (χ4n) is 5.26. The van der Waals surface area contributed by atoms with Gasteiger partial charge in [0.1, 0.15) is 24.3 Å². The number of methoxy groups -OCH3 is 1. The molecule has 0 spiro atoms. The smallest absolute Gasteiger partial charge is 0.408 e. The summed E-state index contributed by atoms with van der Waals surface area (Å²) in [5.41, 5.74) is 0.419. The first-order chi connectivity index (χ1) is 20.5. The van der Waals surface area contributed by atoms with Gasteiger partial charge in [-0.15, -0.1) is 11.8 Å². The maximum atomic E-state index is 14.2. The molecule has 8 nitrogen and oxygen atoms in total. The maximum Gasteiger partial charge on any atom is 0.408 e. The van der Waals surface area contributed by atoms with Gasteiger partial charge in [-0.1, -0.05) is 55.3 Å². The normalized spacial score (nSPS) is 17.0. The number of unbranched alkanes of at least 4 members (excludes halogenated alkanes) is 1. The second kappa shape index (κ2) is 12.2. The van der Waals surface area contributed by atoms with E-state index >= 15 is 0 Å². The molecule has 0 bridgehead atoms. The average molecular weight is 636 g/mol. The molecule has 5 rings (SSSR count). The van der Waals surface area contributed by atoms with Gasteiger partial charge in [0, 0.05) is 27.4 Å². The first-order valence-electron chi connectivity index (χ1n) is 13.6. The van der Waals surface area contributed by atoms with Gasteiger partial charge in [-0.05, 0) is 36.6 Å². The van der Waals surface area contributed by atoms with E-state index in [1.165, 1.54) is 9.69 Å². The SMILES string of the molecule is CCCCOc1c2n(cc(C(=O)OC)c1=O)N([C@@H]1c3ccccc3SCc3cccc(Cl)c31)CN([C@H](C)C(F)(F)F)C2=O. The Hall–Kier alpha value is -3.64. The molecule has 2 atom stereocenters. The Morgan fingerprint density at radius 2 is 1.91 bits per heavy atom. The standard InChI is InChI=1S/C30H29ClF3N3O5S/c1-4-5-13-42-27-25-28(39)35(17(2)30(32,33)34)16-37(36(25)14-20(26(27)38)29(40)41-3)24-19-10-6-7-12-22(19)43-15-18-9-8-11-21(31)23(18)24/h6-12,14,17,24H,4-5,13,15-16H2,1-3H3/t17-,24-/m1/s1. The topological polar surface area (TPSA) is 81.1 Å². The van der Waals surface area contributed by atoms with Gasteiger partial charge in [0.2, 0.25) is 5.43 Å². The summed E-state index contributed by atoms with van der Waals surface area (Å²) in [6.07, 6.45) is -2.45. The van der Waals surface area contributed by atoms with E-state index in [4.69, 9.17) is 21.1 Å². The van der Waals surface area contributed by atoms with E-state index in [9.17, 15) is 27.6 Å². The number of benzene rings is 2. The van der Waals surface area contributed by atoms with Crippen molar-refractivity contribution >= 4 is 35.2 Å². The van der Waals surface area contributed by atoms with Crippen LogP contribution in [0.5, 0.6) is 5.75 Å². The van der Waals surface area contributed by atoms with Gasteiger partial charge in [0.15, 0.2) is 11.4 Å². The molecule has 0 aliphatic carbocycles. The van der Waals surface area contributed by atoms with Crippen LogP contribution in [0.1, 0.15) is 70.3 Å². The summed E-state index contributed by atoms with van der Waals surface area (Å²) >= 11 is 8.36. The third-order valence-corrected chi connectivity index (χ3v) is 9.05. The number of pyridine rings is 1. The van der Waals surface area contributed by atoms with Crippen LogP contribution in [-0.4, -0.2) is 54.1 Å². The minimum absolute atomic E-state index is 0.00301. The molecular weight excluding hydrogens is 607 g/mol. The molecule has 0 unspecified atom stereocenters. The number of fused-ring (bicyclic) bond motifs is 3. The molecule has 13 heteroatoms. The zero-order valence-corrected chi connectivity index (χ0v) is 25.2. The molecule has 0 fully saturated rings. The van der Waals surface area contributed by atoms with Crippen molar-refractivity contribution in [2.24, 2.45) is 0 Å². The molecule has 0 N–H and O–H groups in total.